The molecule has 0 spiro atoms. The molecule has 3 aromatic rings. The average molecular weight is 323 g/mol. The molecule has 1 amide bonds. The third-order valence-electron chi connectivity index (χ3n) is 3.56. The van der Waals surface area contributed by atoms with Crippen LogP contribution in [-0.2, 0) is 6.54 Å². The Kier molecular flexibility index (Phi) is 4.29. The number of aryl methyl sites for hydroxylation is 1. The zero-order valence-corrected chi connectivity index (χ0v) is 13.5. The molecular weight excluding hydrogens is 306 g/mol. The minimum absolute atomic E-state index is 0.198. The van der Waals surface area contributed by atoms with Crippen molar-refractivity contribution in [1.82, 2.24) is 14.7 Å². The van der Waals surface area contributed by atoms with Crippen LogP contribution in [0.15, 0.2) is 63.8 Å². The maximum atomic E-state index is 12.6. The van der Waals surface area contributed by atoms with Crippen molar-refractivity contribution in [3.8, 4) is 5.69 Å². The van der Waals surface area contributed by atoms with Gasteiger partial charge < -0.3 is 9.32 Å². The van der Waals surface area contributed by atoms with E-state index < -0.39 is 0 Å². The molecule has 0 radical (unpaired) electrons. The first kappa shape index (κ1) is 15.7. The predicted molar refractivity (Wildman–Crippen MR) is 89.1 cm³/mol. The summed E-state index contributed by atoms with van der Waals surface area (Å²) in [7, 11) is 1.67. The molecule has 2 heterocycles. The van der Waals surface area contributed by atoms with Crippen LogP contribution in [0.5, 0.6) is 0 Å². The molecule has 0 bridgehead atoms. The quantitative estimate of drug-likeness (QED) is 0.739. The summed E-state index contributed by atoms with van der Waals surface area (Å²) in [5.74, 6) is 1.20. The Morgan fingerprint density at radius 1 is 1.12 bits per heavy atom. The van der Waals surface area contributed by atoms with E-state index in [4.69, 9.17) is 4.42 Å². The van der Waals surface area contributed by atoms with Crippen LogP contribution in [0.3, 0.4) is 0 Å². The maximum Gasteiger partial charge on any atom is 0.274 e. The third kappa shape index (κ3) is 3.27. The first-order valence-electron chi connectivity index (χ1n) is 7.51. The lowest BCUT2D eigenvalue weighted by molar-refractivity contribution is 0.0767. The fourth-order valence-electron chi connectivity index (χ4n) is 2.35. The van der Waals surface area contributed by atoms with Crippen LogP contribution in [0.4, 0.5) is 0 Å². The summed E-state index contributed by atoms with van der Waals surface area (Å²) in [4.78, 5) is 26.1. The molecule has 0 fully saturated rings. The van der Waals surface area contributed by atoms with Crippen LogP contribution in [0, 0.1) is 6.92 Å². The normalized spacial score (nSPS) is 10.6. The van der Waals surface area contributed by atoms with Crippen molar-refractivity contribution in [3.63, 3.8) is 0 Å². The molecule has 6 nitrogen and oxygen atoms in total. The summed E-state index contributed by atoms with van der Waals surface area (Å²) in [5, 5.41) is 4.19. The Morgan fingerprint density at radius 2 is 1.88 bits per heavy atom. The number of carbonyl (C=O) groups excluding carboxylic acids is 1. The molecule has 0 N–H and O–H groups in total. The molecule has 0 unspecified atom stereocenters. The summed E-state index contributed by atoms with van der Waals surface area (Å²) in [5.41, 5.74) is 0.521. The van der Waals surface area contributed by atoms with Gasteiger partial charge in [-0.3, -0.25) is 9.59 Å². The predicted octanol–water partition coefficient (Wildman–Crippen LogP) is 2.41. The Balaban J connectivity index is 1.86. The smallest absolute Gasteiger partial charge is 0.274 e. The van der Waals surface area contributed by atoms with Crippen LogP contribution < -0.4 is 5.56 Å². The second kappa shape index (κ2) is 6.54. The SMILES string of the molecule is Cc1ccc(CN(C)C(=O)c2ccc(=O)n(-c3ccccc3)n2)o1. The van der Waals surface area contributed by atoms with E-state index in [2.05, 4.69) is 5.10 Å². The van der Waals surface area contributed by atoms with E-state index >= 15 is 0 Å². The maximum absolute atomic E-state index is 12.6. The highest BCUT2D eigenvalue weighted by molar-refractivity contribution is 5.91. The number of hydrogen-bond donors (Lipinski definition) is 0. The first-order chi connectivity index (χ1) is 11.5. The highest BCUT2D eigenvalue weighted by Gasteiger charge is 2.16. The van der Waals surface area contributed by atoms with Gasteiger partial charge in [0.1, 0.15) is 17.2 Å². The van der Waals surface area contributed by atoms with E-state index in [0.717, 1.165) is 5.76 Å². The molecular formula is C18H17N3O3. The van der Waals surface area contributed by atoms with Gasteiger partial charge in [-0.05, 0) is 37.3 Å². The number of nitrogens with zero attached hydrogens (tertiary/aromatic N) is 3. The lowest BCUT2D eigenvalue weighted by atomic mass is 10.3. The van der Waals surface area contributed by atoms with Gasteiger partial charge in [0.05, 0.1) is 12.2 Å². The zero-order valence-electron chi connectivity index (χ0n) is 13.5. The fourth-order valence-corrected chi connectivity index (χ4v) is 2.35. The monoisotopic (exact) mass is 323 g/mol. The van der Waals surface area contributed by atoms with E-state index in [1.54, 1.807) is 19.2 Å². The number of hydrogen-bond acceptors (Lipinski definition) is 4. The van der Waals surface area contributed by atoms with Gasteiger partial charge in [0, 0.05) is 13.1 Å². The van der Waals surface area contributed by atoms with Crippen LogP contribution in [0.1, 0.15) is 22.0 Å². The van der Waals surface area contributed by atoms with E-state index in [-0.39, 0.29) is 17.2 Å². The van der Waals surface area contributed by atoms with E-state index in [1.165, 1.54) is 21.7 Å². The summed E-state index contributed by atoms with van der Waals surface area (Å²) < 4.78 is 6.70. The van der Waals surface area contributed by atoms with Crippen LogP contribution >= 0.6 is 0 Å². The summed E-state index contributed by atoms with van der Waals surface area (Å²) in [6.45, 7) is 2.18. The third-order valence-corrected chi connectivity index (χ3v) is 3.56. The Hall–Kier alpha value is -3.15. The highest BCUT2D eigenvalue weighted by atomic mass is 16.3. The second-order valence-electron chi connectivity index (χ2n) is 5.48. The van der Waals surface area contributed by atoms with Gasteiger partial charge >= 0.3 is 0 Å². The lowest BCUT2D eigenvalue weighted by Crippen LogP contribution is -2.30. The first-order valence-corrected chi connectivity index (χ1v) is 7.51. The molecule has 0 aliphatic heterocycles. The molecule has 122 valence electrons. The molecule has 0 aliphatic carbocycles. The van der Waals surface area contributed by atoms with Crippen LogP contribution in [0.2, 0.25) is 0 Å². The van der Waals surface area contributed by atoms with Crippen molar-refractivity contribution < 1.29 is 9.21 Å². The molecule has 2 aromatic heterocycles. The van der Waals surface area contributed by atoms with E-state index in [1.807, 2.05) is 37.3 Å². The van der Waals surface area contributed by atoms with Gasteiger partial charge in [-0.25, -0.2) is 0 Å². The van der Waals surface area contributed by atoms with Gasteiger partial charge in [0.15, 0.2) is 0 Å². The topological polar surface area (TPSA) is 68.3 Å². The van der Waals surface area contributed by atoms with Gasteiger partial charge in [0.25, 0.3) is 11.5 Å². The molecule has 0 aliphatic rings. The number of carbonyl (C=O) groups is 1. The minimum atomic E-state index is -0.290. The number of para-hydroxylation sites is 1. The van der Waals surface area contributed by atoms with Crippen molar-refractivity contribution in [2.75, 3.05) is 7.05 Å². The van der Waals surface area contributed by atoms with Gasteiger partial charge in [-0.1, -0.05) is 18.2 Å². The molecule has 0 saturated carbocycles. The van der Waals surface area contributed by atoms with E-state index in [0.29, 0.717) is 18.0 Å². The van der Waals surface area contributed by atoms with Crippen LogP contribution in [-0.4, -0.2) is 27.6 Å². The van der Waals surface area contributed by atoms with Crippen LogP contribution in [0.25, 0.3) is 5.69 Å². The Labute approximate surface area is 139 Å². The molecule has 3 rings (SSSR count). The molecule has 0 atom stereocenters. The van der Waals surface area contributed by atoms with Gasteiger partial charge in [0.2, 0.25) is 0 Å². The Bertz CT molecular complexity index is 913. The van der Waals surface area contributed by atoms with Gasteiger partial charge in [-0.15, -0.1) is 0 Å². The van der Waals surface area contributed by atoms with E-state index in [9.17, 15) is 9.59 Å². The Morgan fingerprint density at radius 3 is 2.54 bits per heavy atom. The number of furan rings is 1. The second-order valence-corrected chi connectivity index (χ2v) is 5.48. The summed E-state index contributed by atoms with van der Waals surface area (Å²) >= 11 is 0. The standard InChI is InChI=1S/C18H17N3O3/c1-13-8-9-15(24-13)12-20(2)18(23)16-10-11-17(22)21(19-16)14-6-4-3-5-7-14/h3-11H,12H2,1-2H3. The van der Waals surface area contributed by atoms with Gasteiger partial charge in [-0.2, -0.15) is 9.78 Å². The largest absolute Gasteiger partial charge is 0.464 e. The molecule has 6 heteroatoms. The molecule has 1 aromatic carbocycles. The lowest BCUT2D eigenvalue weighted by Gasteiger charge is -2.15. The summed E-state index contributed by atoms with van der Waals surface area (Å²) in [6.07, 6.45) is 0. The average Bonchev–Trinajstić information content (AvgIpc) is 3.00. The number of rotatable bonds is 4. The number of benzene rings is 1. The van der Waals surface area contributed by atoms with Crippen molar-refractivity contribution in [2.24, 2.45) is 0 Å². The minimum Gasteiger partial charge on any atom is -0.464 e. The number of amides is 1. The zero-order chi connectivity index (χ0) is 17.1. The van der Waals surface area contributed by atoms with Crippen molar-refractivity contribution >= 4 is 5.91 Å². The summed E-state index contributed by atoms with van der Waals surface area (Å²) in [6, 6.07) is 15.5. The fraction of sp³-hybridized carbons (Fsp3) is 0.167. The molecule has 0 saturated heterocycles. The van der Waals surface area contributed by atoms with Crippen molar-refractivity contribution in [3.05, 3.63) is 82.2 Å². The van der Waals surface area contributed by atoms with Crippen molar-refractivity contribution in [2.45, 2.75) is 13.5 Å². The van der Waals surface area contributed by atoms with Crippen molar-refractivity contribution in [1.29, 1.82) is 0 Å². The highest BCUT2D eigenvalue weighted by Crippen LogP contribution is 2.10. The molecule has 24 heavy (non-hydrogen) atoms. The number of aromatic nitrogens is 2.